The number of hydrogen-bond donors (Lipinski definition) is 1. The van der Waals surface area contributed by atoms with Crippen molar-refractivity contribution in [1.82, 2.24) is 0 Å². The Hall–Kier alpha value is -0.160. The lowest BCUT2D eigenvalue weighted by Crippen LogP contribution is -2.21. The first-order valence-electron chi connectivity index (χ1n) is 6.84. The maximum Gasteiger partial charge on any atom is 0.157 e. The third-order valence-electron chi connectivity index (χ3n) is 2.79. The van der Waals surface area contributed by atoms with Gasteiger partial charge in [0.05, 0.1) is 5.60 Å². The highest BCUT2D eigenvalue weighted by Gasteiger charge is 2.16. The fourth-order valence-corrected chi connectivity index (χ4v) is 1.89. The minimum Gasteiger partial charge on any atom is -0.412 e. The first-order chi connectivity index (χ1) is 7.89. The molecule has 0 fully saturated rings. The Morgan fingerprint density at radius 2 is 1.61 bits per heavy atom. The summed E-state index contributed by atoms with van der Waals surface area (Å²) in [7, 11) is 0. The molecule has 0 aromatic carbocycles. The molecule has 0 saturated heterocycles. The molecule has 0 spiro atoms. The fourth-order valence-electron chi connectivity index (χ4n) is 1.89. The Bertz CT molecular complexity index is 171. The average molecular weight is 264 g/mol. The molecule has 4 heteroatoms. The van der Waals surface area contributed by atoms with Crippen LogP contribution >= 0.6 is 0 Å². The normalized spacial score (nSPS) is 13.5. The van der Waals surface area contributed by atoms with Gasteiger partial charge in [0.1, 0.15) is 0 Å². The van der Waals surface area contributed by atoms with Gasteiger partial charge in [-0.15, -0.1) is 0 Å². The summed E-state index contributed by atoms with van der Waals surface area (Å²) in [5, 5.41) is 9.63. The summed E-state index contributed by atoms with van der Waals surface area (Å²) in [6.45, 7) is 11.3. The summed E-state index contributed by atoms with van der Waals surface area (Å²) in [6.07, 6.45) is 3.89. The van der Waals surface area contributed by atoms with E-state index in [4.69, 9.17) is 9.47 Å². The van der Waals surface area contributed by atoms with Gasteiger partial charge in [-0.3, -0.25) is 0 Å². The lowest BCUT2D eigenvalue weighted by atomic mass is 9.95. The molecular weight excluding hydrogens is 232 g/mol. The van der Waals surface area contributed by atoms with E-state index in [1.165, 1.54) is 0 Å². The van der Waals surface area contributed by atoms with Crippen molar-refractivity contribution in [2.45, 2.75) is 72.2 Å². The monoisotopic (exact) mass is 264 g/mol. The number of ether oxygens (including phenoxy) is 2. The number of aliphatic hydroxyl groups is 1. The van der Waals surface area contributed by atoms with Crippen LogP contribution in [0.5, 0.6) is 0 Å². The Balaban J connectivity index is 0. The highest BCUT2D eigenvalue weighted by Crippen LogP contribution is 2.20. The van der Waals surface area contributed by atoms with Crippen LogP contribution in [-0.4, -0.2) is 35.7 Å². The molecule has 0 aliphatic rings. The first kappa shape index (κ1) is 20.2. The molecule has 3 N–H and O–H groups in total. The Morgan fingerprint density at radius 3 is 2.00 bits per heavy atom. The van der Waals surface area contributed by atoms with Crippen molar-refractivity contribution in [3.63, 3.8) is 0 Å². The van der Waals surface area contributed by atoms with Crippen molar-refractivity contribution < 1.29 is 20.1 Å². The third-order valence-corrected chi connectivity index (χ3v) is 2.79. The summed E-state index contributed by atoms with van der Waals surface area (Å²) in [5.41, 5.74) is -0.543. The molecule has 0 saturated carbocycles. The van der Waals surface area contributed by atoms with E-state index in [2.05, 4.69) is 6.92 Å². The van der Waals surface area contributed by atoms with Gasteiger partial charge in [0, 0.05) is 19.6 Å². The van der Waals surface area contributed by atoms with Crippen molar-refractivity contribution in [2.75, 3.05) is 13.2 Å². The van der Waals surface area contributed by atoms with Gasteiger partial charge in [-0.05, 0) is 40.0 Å². The van der Waals surface area contributed by atoms with Crippen LogP contribution < -0.4 is 0 Å². The van der Waals surface area contributed by atoms with Crippen molar-refractivity contribution in [2.24, 2.45) is 5.92 Å². The molecule has 0 bridgehead atoms. The van der Waals surface area contributed by atoms with Crippen LogP contribution in [0, 0.1) is 5.92 Å². The molecule has 0 radical (unpaired) electrons. The molecule has 0 aliphatic heterocycles. The van der Waals surface area contributed by atoms with Crippen LogP contribution in [0.4, 0.5) is 0 Å². The van der Waals surface area contributed by atoms with E-state index in [9.17, 15) is 5.11 Å². The first-order valence-corrected chi connectivity index (χ1v) is 6.84. The minimum absolute atomic E-state index is 0. The summed E-state index contributed by atoms with van der Waals surface area (Å²) in [6, 6.07) is 0. The zero-order chi connectivity index (χ0) is 13.3. The van der Waals surface area contributed by atoms with Crippen LogP contribution in [0.15, 0.2) is 0 Å². The van der Waals surface area contributed by atoms with E-state index in [1.54, 1.807) is 0 Å². The second kappa shape index (κ2) is 10.7. The Morgan fingerprint density at radius 1 is 1.11 bits per heavy atom. The van der Waals surface area contributed by atoms with Crippen LogP contribution in [0.2, 0.25) is 0 Å². The summed E-state index contributed by atoms with van der Waals surface area (Å²) < 4.78 is 11.1. The molecular formula is C14H32O4. The van der Waals surface area contributed by atoms with Crippen LogP contribution in [0.25, 0.3) is 0 Å². The molecule has 0 heterocycles. The van der Waals surface area contributed by atoms with Gasteiger partial charge in [0.25, 0.3) is 0 Å². The molecule has 0 aliphatic carbocycles. The summed E-state index contributed by atoms with van der Waals surface area (Å²) >= 11 is 0. The van der Waals surface area contributed by atoms with E-state index in [-0.39, 0.29) is 11.8 Å². The lowest BCUT2D eigenvalue weighted by molar-refractivity contribution is -0.145. The maximum atomic E-state index is 9.63. The Kier molecular flexibility index (Phi) is 12.0. The second-order valence-electron chi connectivity index (χ2n) is 5.39. The SMILES string of the molecule is CCOC(CC(C)CCCC(C)(C)O)OCC.O. The molecule has 112 valence electrons. The van der Waals surface area contributed by atoms with E-state index in [0.717, 1.165) is 25.7 Å². The standard InChI is InChI=1S/C14H30O3.H2O/c1-6-16-13(17-7-2)11-12(3)9-8-10-14(4,5)15;/h12-13,15H,6-11H2,1-5H3;1H2. The van der Waals surface area contributed by atoms with E-state index >= 15 is 0 Å². The topological polar surface area (TPSA) is 70.2 Å². The van der Waals surface area contributed by atoms with Crippen LogP contribution in [0.1, 0.15) is 60.3 Å². The summed E-state index contributed by atoms with van der Waals surface area (Å²) in [4.78, 5) is 0. The predicted molar refractivity (Wildman–Crippen MR) is 74.6 cm³/mol. The van der Waals surface area contributed by atoms with Gasteiger partial charge in [0.15, 0.2) is 6.29 Å². The minimum atomic E-state index is -0.543. The fraction of sp³-hybridized carbons (Fsp3) is 1.00. The zero-order valence-electron chi connectivity index (χ0n) is 12.7. The van der Waals surface area contributed by atoms with Crippen molar-refractivity contribution in [1.29, 1.82) is 0 Å². The van der Waals surface area contributed by atoms with Crippen molar-refractivity contribution >= 4 is 0 Å². The highest BCUT2D eigenvalue weighted by molar-refractivity contribution is 4.66. The number of rotatable bonds is 10. The predicted octanol–water partition coefficient (Wildman–Crippen LogP) is 2.53. The van der Waals surface area contributed by atoms with Gasteiger partial charge < -0.3 is 20.1 Å². The Labute approximate surface area is 112 Å². The molecule has 0 aromatic rings. The molecule has 1 unspecified atom stereocenters. The average Bonchev–Trinajstić information content (AvgIpc) is 2.16. The van der Waals surface area contributed by atoms with E-state index in [1.807, 2.05) is 27.7 Å². The highest BCUT2D eigenvalue weighted by atomic mass is 16.7. The molecule has 0 amide bonds. The number of hydrogen-bond acceptors (Lipinski definition) is 3. The summed E-state index contributed by atoms with van der Waals surface area (Å²) in [5.74, 6) is 0.570. The van der Waals surface area contributed by atoms with Crippen molar-refractivity contribution in [3.05, 3.63) is 0 Å². The maximum absolute atomic E-state index is 9.63. The smallest absolute Gasteiger partial charge is 0.157 e. The van der Waals surface area contributed by atoms with Crippen molar-refractivity contribution in [3.8, 4) is 0 Å². The molecule has 18 heavy (non-hydrogen) atoms. The second-order valence-corrected chi connectivity index (χ2v) is 5.39. The quantitative estimate of drug-likeness (QED) is 0.616. The molecule has 0 rings (SSSR count). The molecule has 4 nitrogen and oxygen atoms in total. The van der Waals surface area contributed by atoms with E-state index in [0.29, 0.717) is 19.1 Å². The van der Waals surface area contributed by atoms with Gasteiger partial charge in [-0.25, -0.2) is 0 Å². The third kappa shape index (κ3) is 12.3. The van der Waals surface area contributed by atoms with Crippen LogP contribution in [0.3, 0.4) is 0 Å². The van der Waals surface area contributed by atoms with Gasteiger partial charge in [-0.2, -0.15) is 0 Å². The van der Waals surface area contributed by atoms with Crippen LogP contribution in [-0.2, 0) is 9.47 Å². The largest absolute Gasteiger partial charge is 0.412 e. The van der Waals surface area contributed by atoms with E-state index < -0.39 is 5.60 Å². The lowest BCUT2D eigenvalue weighted by Gasteiger charge is -2.22. The van der Waals surface area contributed by atoms with Gasteiger partial charge >= 0.3 is 0 Å². The van der Waals surface area contributed by atoms with Gasteiger partial charge in [-0.1, -0.05) is 19.8 Å². The molecule has 0 aromatic heterocycles. The zero-order valence-corrected chi connectivity index (χ0v) is 12.7. The van der Waals surface area contributed by atoms with Gasteiger partial charge in [0.2, 0.25) is 0 Å². The molecule has 1 atom stereocenters.